The first-order valence-corrected chi connectivity index (χ1v) is 20.2. The fourth-order valence-electron chi connectivity index (χ4n) is 4.07. The van der Waals surface area contributed by atoms with E-state index in [1.54, 1.807) is 0 Å². The highest BCUT2D eigenvalue weighted by molar-refractivity contribution is 7.99. The second-order valence-electron chi connectivity index (χ2n) is 9.60. The van der Waals surface area contributed by atoms with Crippen molar-refractivity contribution in [2.75, 3.05) is 112 Å². The molecule has 0 aromatic heterocycles. The van der Waals surface area contributed by atoms with E-state index in [2.05, 4.69) is 0 Å². The van der Waals surface area contributed by atoms with Crippen LogP contribution in [0.1, 0.15) is 32.6 Å². The summed E-state index contributed by atoms with van der Waals surface area (Å²) in [7, 11) is 0. The molecule has 5 atom stereocenters. The monoisotopic (exact) mass is 676 g/mol. The average Bonchev–Trinajstić information content (AvgIpc) is 2.99. The van der Waals surface area contributed by atoms with Gasteiger partial charge in [-0.25, -0.2) is 0 Å². The van der Waals surface area contributed by atoms with Crippen LogP contribution in [0.3, 0.4) is 0 Å². The Balaban J connectivity index is 2.95. The summed E-state index contributed by atoms with van der Waals surface area (Å²) in [4.78, 5) is 0. The van der Waals surface area contributed by atoms with Gasteiger partial charge in [-0.3, -0.25) is 0 Å². The first-order chi connectivity index (χ1) is 20.7. The zero-order valence-electron chi connectivity index (χ0n) is 25.8. The van der Waals surface area contributed by atoms with Crippen molar-refractivity contribution in [3.8, 4) is 0 Å². The molecule has 0 saturated carbocycles. The summed E-state index contributed by atoms with van der Waals surface area (Å²) in [5, 5.41) is 0. The highest BCUT2D eigenvalue weighted by atomic mass is 32.2. The van der Waals surface area contributed by atoms with Crippen LogP contribution in [0.5, 0.6) is 0 Å². The van der Waals surface area contributed by atoms with Crippen LogP contribution in [0.2, 0.25) is 0 Å². The van der Waals surface area contributed by atoms with Gasteiger partial charge in [-0.15, -0.1) is 0 Å². The normalized spacial score (nSPS) is 22.6. The van der Waals surface area contributed by atoms with Crippen molar-refractivity contribution in [1.82, 2.24) is 0 Å². The number of hydrogen-bond donors (Lipinski definition) is 4. The Hall–Kier alpha value is 1.00. The number of hydrogen-bond acceptors (Lipinski definition) is 14. The molecule has 1 rings (SSSR count). The molecule has 0 amide bonds. The molecule has 1 aliphatic heterocycles. The van der Waals surface area contributed by atoms with Gasteiger partial charge in [0.25, 0.3) is 0 Å². The first kappa shape index (κ1) is 41.0. The van der Waals surface area contributed by atoms with E-state index in [0.29, 0.717) is 65.8 Å². The molecule has 10 nitrogen and oxygen atoms in total. The summed E-state index contributed by atoms with van der Waals surface area (Å²) < 4.78 is 38.3. The van der Waals surface area contributed by atoms with Gasteiger partial charge >= 0.3 is 0 Å². The number of ether oxygens (including phenoxy) is 6. The van der Waals surface area contributed by atoms with E-state index in [1.807, 2.05) is 54.0 Å². The maximum Gasteiger partial charge on any atom is 0.186 e. The lowest BCUT2D eigenvalue weighted by molar-refractivity contribution is -0.320. The van der Waals surface area contributed by atoms with Crippen LogP contribution in [0.4, 0.5) is 0 Å². The second kappa shape index (κ2) is 30.6. The first-order valence-electron chi connectivity index (χ1n) is 15.5. The number of thioether (sulfide) groups is 4. The maximum absolute atomic E-state index is 6.58. The summed E-state index contributed by atoms with van der Waals surface area (Å²) >= 11 is 7.40. The van der Waals surface area contributed by atoms with E-state index in [0.717, 1.165) is 71.7 Å². The van der Waals surface area contributed by atoms with Crippen LogP contribution in [0.15, 0.2) is 0 Å². The van der Waals surface area contributed by atoms with Crippen molar-refractivity contribution in [3.05, 3.63) is 0 Å². The molecule has 0 unspecified atom stereocenters. The summed E-state index contributed by atoms with van der Waals surface area (Å²) in [5.41, 5.74) is 22.6. The molecule has 0 bridgehead atoms. The van der Waals surface area contributed by atoms with E-state index in [9.17, 15) is 0 Å². The largest absolute Gasteiger partial charge is 0.378 e. The molecule has 252 valence electrons. The molecule has 1 saturated heterocycles. The lowest BCUT2D eigenvalue weighted by Crippen LogP contribution is -2.62. The van der Waals surface area contributed by atoms with Crippen molar-refractivity contribution in [1.29, 1.82) is 0 Å². The Morgan fingerprint density at radius 3 is 1.40 bits per heavy atom. The van der Waals surface area contributed by atoms with Crippen LogP contribution in [-0.4, -0.2) is 143 Å². The van der Waals surface area contributed by atoms with Crippen molar-refractivity contribution in [3.63, 3.8) is 0 Å². The Labute approximate surface area is 272 Å². The third-order valence-electron chi connectivity index (χ3n) is 6.16. The smallest absolute Gasteiger partial charge is 0.186 e. The van der Waals surface area contributed by atoms with Gasteiger partial charge < -0.3 is 51.4 Å². The SMILES string of the molecule is CCO[C@H]1O[C@H](COCCSCCCN)[C@H](OCCSCCCN)[C@H](OCCSCCCN)[C@H]1OCCSCCCN. The predicted molar refractivity (Wildman–Crippen MR) is 184 cm³/mol. The van der Waals surface area contributed by atoms with Gasteiger partial charge in [0.2, 0.25) is 0 Å². The van der Waals surface area contributed by atoms with Gasteiger partial charge in [0.05, 0.1) is 33.0 Å². The minimum Gasteiger partial charge on any atom is -0.378 e. The van der Waals surface area contributed by atoms with Gasteiger partial charge in [0.15, 0.2) is 6.29 Å². The minimum absolute atomic E-state index is 0.335. The van der Waals surface area contributed by atoms with E-state index in [-0.39, 0.29) is 18.3 Å². The molecule has 8 N–H and O–H groups in total. The predicted octanol–water partition coefficient (Wildman–Crippen LogP) is 2.25. The summed E-state index contributed by atoms with van der Waals surface area (Å²) in [6, 6.07) is 0. The third kappa shape index (κ3) is 20.2. The molecular formula is C28H60N4O6S4. The quantitative estimate of drug-likeness (QED) is 0.0792. The zero-order chi connectivity index (χ0) is 30.5. The van der Waals surface area contributed by atoms with Gasteiger partial charge in [-0.1, -0.05) is 0 Å². The van der Waals surface area contributed by atoms with Gasteiger partial charge in [-0.2, -0.15) is 47.0 Å². The molecule has 1 heterocycles. The Morgan fingerprint density at radius 1 is 0.524 bits per heavy atom. The van der Waals surface area contributed by atoms with Crippen molar-refractivity contribution >= 4 is 47.0 Å². The van der Waals surface area contributed by atoms with Crippen LogP contribution >= 0.6 is 47.0 Å². The molecule has 0 aromatic carbocycles. The van der Waals surface area contributed by atoms with E-state index < -0.39 is 12.4 Å². The van der Waals surface area contributed by atoms with Crippen LogP contribution in [0.25, 0.3) is 0 Å². The molecule has 1 fully saturated rings. The highest BCUT2D eigenvalue weighted by Crippen LogP contribution is 2.30. The average molecular weight is 677 g/mol. The molecule has 0 radical (unpaired) electrons. The van der Waals surface area contributed by atoms with E-state index in [1.165, 1.54) is 0 Å². The molecule has 1 aliphatic rings. The number of nitrogens with two attached hydrogens (primary N) is 4. The number of rotatable bonds is 31. The second-order valence-corrected chi connectivity index (χ2v) is 14.5. The van der Waals surface area contributed by atoms with Crippen molar-refractivity contribution < 1.29 is 28.4 Å². The molecule has 0 aromatic rings. The van der Waals surface area contributed by atoms with E-state index in [4.69, 9.17) is 51.4 Å². The zero-order valence-corrected chi connectivity index (χ0v) is 29.1. The standard InChI is InChI=1S/C28H60N4O6S4/c1-2-34-28-27(37-14-22-42-18-6-10-32)26(36-13-21-41-17-5-9-31)25(35-12-20-40-16-4-8-30)24(38-28)23-33-11-19-39-15-3-7-29/h24-28H,2-23,29-32H2,1H3/t24-,25+,26+,27-,28+/m1/s1. The fraction of sp³-hybridized carbons (Fsp3) is 1.00. The summed E-state index contributed by atoms with van der Waals surface area (Å²) in [6.45, 7) is 8.08. The fourth-order valence-corrected chi connectivity index (χ4v) is 7.25. The van der Waals surface area contributed by atoms with Gasteiger partial charge in [0, 0.05) is 29.6 Å². The van der Waals surface area contributed by atoms with E-state index >= 15 is 0 Å². The Morgan fingerprint density at radius 2 is 0.952 bits per heavy atom. The highest BCUT2D eigenvalue weighted by Gasteiger charge is 2.48. The molecule has 14 heteroatoms. The molecule has 0 spiro atoms. The Bertz CT molecular complexity index is 582. The molecule has 0 aliphatic carbocycles. The van der Waals surface area contributed by atoms with Crippen LogP contribution < -0.4 is 22.9 Å². The molecular weight excluding hydrogens is 617 g/mol. The lowest BCUT2D eigenvalue weighted by atomic mass is 9.98. The summed E-state index contributed by atoms with van der Waals surface area (Å²) in [6.07, 6.45) is 2.02. The van der Waals surface area contributed by atoms with Gasteiger partial charge in [0.1, 0.15) is 24.4 Å². The maximum atomic E-state index is 6.58. The minimum atomic E-state index is -0.565. The molecule has 42 heavy (non-hydrogen) atoms. The van der Waals surface area contributed by atoms with Crippen molar-refractivity contribution in [2.45, 2.75) is 63.3 Å². The van der Waals surface area contributed by atoms with Gasteiger partial charge in [-0.05, 0) is 81.8 Å². The topological polar surface area (TPSA) is 159 Å². The Kier molecular flexibility index (Phi) is 29.9. The van der Waals surface area contributed by atoms with Crippen molar-refractivity contribution in [2.24, 2.45) is 22.9 Å². The van der Waals surface area contributed by atoms with Crippen LogP contribution in [-0.2, 0) is 28.4 Å². The summed E-state index contributed by atoms with van der Waals surface area (Å²) in [5.74, 6) is 7.65. The third-order valence-corrected chi connectivity index (χ3v) is 10.3. The lowest BCUT2D eigenvalue weighted by Gasteiger charge is -2.45. The van der Waals surface area contributed by atoms with Crippen LogP contribution in [0, 0.1) is 0 Å².